The van der Waals surface area contributed by atoms with E-state index in [9.17, 15) is 0 Å². The molecule has 11 heteroatoms. The fraction of sp³-hybridized carbons (Fsp3) is 0.169. The van der Waals surface area contributed by atoms with Crippen LogP contribution in [0.1, 0.15) is 46.7 Å². The largest absolute Gasteiger partial charge is 0.337 e. The van der Waals surface area contributed by atoms with Gasteiger partial charge in [-0.2, -0.15) is 11.3 Å². The Hall–Kier alpha value is -8.15. The van der Waals surface area contributed by atoms with Crippen molar-refractivity contribution in [2.24, 2.45) is 21.1 Å². The van der Waals surface area contributed by atoms with Gasteiger partial charge >= 0.3 is 0 Å². The molecule has 11 aromatic rings. The fourth-order valence-corrected chi connectivity index (χ4v) is 9.33. The summed E-state index contributed by atoms with van der Waals surface area (Å²) in [6, 6.07) is 43.6. The maximum Gasteiger partial charge on any atom is 0.109 e. The lowest BCUT2D eigenvalue weighted by atomic mass is 10.1. The quantitative estimate of drug-likeness (QED) is 0.120. The van der Waals surface area contributed by atoms with Gasteiger partial charge in [0, 0.05) is 121 Å². The van der Waals surface area contributed by atoms with Crippen molar-refractivity contribution in [3.63, 3.8) is 0 Å². The number of benzene rings is 3. The van der Waals surface area contributed by atoms with Gasteiger partial charge in [-0.25, -0.2) is 15.0 Å². The molecule has 0 unspecified atom stereocenters. The Labute approximate surface area is 412 Å². The van der Waals surface area contributed by atoms with Crippen molar-refractivity contribution in [3.8, 4) is 22.5 Å². The maximum atomic E-state index is 4.80. The number of aromatic nitrogens is 10. The third-order valence-corrected chi connectivity index (χ3v) is 13.3. The number of hydrogen-bond acceptors (Lipinski definition) is 8. The monoisotopic (exact) mass is 934 g/mol. The minimum absolute atomic E-state index is 0.868. The molecule has 1 aliphatic carbocycles. The maximum absolute atomic E-state index is 4.80. The van der Waals surface area contributed by atoms with Crippen molar-refractivity contribution < 1.29 is 0 Å². The van der Waals surface area contributed by atoms with Gasteiger partial charge in [-0.1, -0.05) is 91.0 Å². The Balaban J connectivity index is 0.000000122. The number of imidazole rings is 3. The first kappa shape index (κ1) is 45.6. The molecular formula is C59H54N10S. The van der Waals surface area contributed by atoms with E-state index in [2.05, 4.69) is 159 Å². The van der Waals surface area contributed by atoms with Crippen LogP contribution in [-0.2, 0) is 59.7 Å². The summed E-state index contributed by atoms with van der Waals surface area (Å²) in [4.78, 5) is 32.6. The molecule has 0 atom stereocenters. The Bertz CT molecular complexity index is 3580. The van der Waals surface area contributed by atoms with Crippen molar-refractivity contribution >= 4 is 49.6 Å². The van der Waals surface area contributed by atoms with Gasteiger partial charge in [-0.15, -0.1) is 0 Å². The predicted octanol–water partition coefficient (Wildman–Crippen LogP) is 12.4. The second-order valence-corrected chi connectivity index (χ2v) is 18.3. The molecule has 0 radical (unpaired) electrons. The highest BCUT2D eigenvalue weighted by molar-refractivity contribution is 7.08. The van der Waals surface area contributed by atoms with Gasteiger partial charge < -0.3 is 13.7 Å². The summed E-state index contributed by atoms with van der Waals surface area (Å²) in [5, 5.41) is 7.78. The summed E-state index contributed by atoms with van der Waals surface area (Å²) >= 11 is 1.70. The molecule has 0 bridgehead atoms. The Morgan fingerprint density at radius 1 is 0.443 bits per heavy atom. The van der Waals surface area contributed by atoms with Gasteiger partial charge in [0.25, 0.3) is 0 Å². The molecule has 12 rings (SSSR count). The summed E-state index contributed by atoms with van der Waals surface area (Å²) in [5.74, 6) is 3.28. The summed E-state index contributed by atoms with van der Waals surface area (Å²) in [6.07, 6.45) is 22.7. The summed E-state index contributed by atoms with van der Waals surface area (Å²) < 4.78 is 6.35. The van der Waals surface area contributed by atoms with Crippen LogP contribution >= 0.6 is 11.3 Å². The molecule has 0 aliphatic heterocycles. The average Bonchev–Trinajstić information content (AvgIpc) is 4.28. The van der Waals surface area contributed by atoms with Crippen LogP contribution in [-0.4, -0.2) is 48.6 Å². The van der Waals surface area contributed by atoms with Crippen LogP contribution in [0.3, 0.4) is 0 Å². The van der Waals surface area contributed by atoms with E-state index >= 15 is 0 Å². The minimum atomic E-state index is 0.868. The van der Waals surface area contributed by atoms with Crippen LogP contribution in [0.5, 0.6) is 0 Å². The van der Waals surface area contributed by atoms with E-state index in [1.54, 1.807) is 23.7 Å². The van der Waals surface area contributed by atoms with Crippen molar-refractivity contribution in [3.05, 3.63) is 228 Å². The summed E-state index contributed by atoms with van der Waals surface area (Å²) in [6.45, 7) is 0. The van der Waals surface area contributed by atoms with Crippen molar-refractivity contribution in [1.82, 2.24) is 48.6 Å². The number of para-hydroxylation sites is 3. The second-order valence-electron chi connectivity index (χ2n) is 17.5. The minimum Gasteiger partial charge on any atom is -0.337 e. The predicted molar refractivity (Wildman–Crippen MR) is 285 cm³/mol. The van der Waals surface area contributed by atoms with Crippen molar-refractivity contribution in [2.75, 3.05) is 0 Å². The number of nitrogens with zero attached hydrogens (tertiary/aromatic N) is 10. The number of rotatable bonds is 12. The fourth-order valence-electron chi connectivity index (χ4n) is 8.68. The normalized spacial score (nSPS) is 12.0. The zero-order chi connectivity index (χ0) is 47.7. The molecule has 0 amide bonds. The standard InChI is InChI=1S/C20H18N4.C20H19N3.C19H17N3S/c1-24-14-19(16-10-12-21-13-11-16)23-20(24)9-8-17-7-6-15-4-2-3-5-18(15)22-17;1-23-14-19(15-6-2-3-7-15)22-20(23)13-12-17-11-10-16-8-4-5-9-18(16)21-17;1-22-12-18(15-10-11-23-13-15)21-19(22)9-8-16-7-6-14-4-2-3-5-17(14)20-16/h2-7,10-14H,8-9H2,1H3;2-6,8-11,14H,7,12-13H2,1H3;2-7,10-13H,8-9H2,1H3. The average molecular weight is 935 g/mol. The smallest absolute Gasteiger partial charge is 0.109 e. The van der Waals surface area contributed by atoms with E-state index in [1.165, 1.54) is 27.3 Å². The molecule has 8 heterocycles. The highest BCUT2D eigenvalue weighted by atomic mass is 32.1. The molecule has 70 heavy (non-hydrogen) atoms. The van der Waals surface area contributed by atoms with Gasteiger partial charge in [-0.3, -0.25) is 19.9 Å². The van der Waals surface area contributed by atoms with E-state index in [0.717, 1.165) is 119 Å². The molecule has 0 saturated heterocycles. The highest BCUT2D eigenvalue weighted by Gasteiger charge is 2.13. The number of pyridine rings is 4. The second kappa shape index (κ2) is 21.4. The van der Waals surface area contributed by atoms with Crippen LogP contribution in [0, 0.1) is 0 Å². The van der Waals surface area contributed by atoms with E-state index in [0.29, 0.717) is 0 Å². The number of thiophene rings is 1. The first-order valence-electron chi connectivity index (χ1n) is 23.8. The first-order chi connectivity index (χ1) is 34.4. The Kier molecular flexibility index (Phi) is 14.0. The van der Waals surface area contributed by atoms with Gasteiger partial charge in [-0.05, 0) is 91.2 Å². The molecule has 0 spiro atoms. The van der Waals surface area contributed by atoms with Gasteiger partial charge in [0.05, 0.1) is 33.6 Å². The molecule has 1 aliphatic rings. The first-order valence-corrected chi connectivity index (χ1v) is 24.7. The van der Waals surface area contributed by atoms with Crippen LogP contribution in [0.4, 0.5) is 0 Å². The van der Waals surface area contributed by atoms with Gasteiger partial charge in [0.2, 0.25) is 0 Å². The van der Waals surface area contributed by atoms with Crippen LogP contribution in [0.2, 0.25) is 0 Å². The Morgan fingerprint density at radius 3 is 1.33 bits per heavy atom. The third kappa shape index (κ3) is 11.1. The number of hydrogen-bond donors (Lipinski definition) is 0. The lowest BCUT2D eigenvalue weighted by Gasteiger charge is -2.03. The molecule has 10 nitrogen and oxygen atoms in total. The lowest BCUT2D eigenvalue weighted by molar-refractivity contribution is 0.763. The van der Waals surface area contributed by atoms with E-state index in [-0.39, 0.29) is 0 Å². The van der Waals surface area contributed by atoms with Crippen LogP contribution in [0.25, 0.3) is 60.8 Å². The molecule has 0 N–H and O–H groups in total. The van der Waals surface area contributed by atoms with Crippen LogP contribution in [0.15, 0.2) is 187 Å². The van der Waals surface area contributed by atoms with E-state index in [1.807, 2.05) is 55.6 Å². The van der Waals surface area contributed by atoms with E-state index < -0.39 is 0 Å². The molecule has 346 valence electrons. The van der Waals surface area contributed by atoms with Crippen molar-refractivity contribution in [2.45, 2.75) is 44.9 Å². The Morgan fingerprint density at radius 2 is 0.886 bits per heavy atom. The number of fused-ring (bicyclic) bond motifs is 3. The third-order valence-electron chi connectivity index (χ3n) is 12.6. The lowest BCUT2D eigenvalue weighted by Crippen LogP contribution is -2.01. The van der Waals surface area contributed by atoms with Crippen LogP contribution < -0.4 is 0 Å². The van der Waals surface area contributed by atoms with Gasteiger partial charge in [0.1, 0.15) is 17.5 Å². The summed E-state index contributed by atoms with van der Waals surface area (Å²) in [7, 11) is 6.18. The molecule has 8 aromatic heterocycles. The van der Waals surface area contributed by atoms with Crippen molar-refractivity contribution in [1.29, 1.82) is 0 Å². The molecular weight excluding hydrogens is 881 g/mol. The molecule has 0 fully saturated rings. The summed E-state index contributed by atoms with van der Waals surface area (Å²) in [5.41, 5.74) is 13.2. The van der Waals surface area contributed by atoms with Gasteiger partial charge in [0.15, 0.2) is 0 Å². The number of allylic oxidation sites excluding steroid dienone is 4. The zero-order valence-electron chi connectivity index (χ0n) is 39.7. The highest BCUT2D eigenvalue weighted by Crippen LogP contribution is 2.25. The van der Waals surface area contributed by atoms with E-state index in [4.69, 9.17) is 29.9 Å². The zero-order valence-corrected chi connectivity index (χ0v) is 40.5. The number of aryl methyl sites for hydroxylation is 9. The SMILES string of the molecule is Cn1cc(-c2ccncc2)nc1CCc1ccc2ccccc2n1.Cn1cc(-c2ccsc2)nc1CCc1ccc2ccccc2n1.Cn1cc(C2=CC=CC2)nc1CCc1ccc2ccccc2n1. The molecule has 0 saturated carbocycles. The topological polar surface area (TPSA) is 105 Å². The molecule has 3 aromatic carbocycles.